The van der Waals surface area contributed by atoms with Crippen molar-refractivity contribution >= 4 is 39.0 Å². The molecule has 0 saturated heterocycles. The number of methoxy groups -OCH3 is 1. The van der Waals surface area contributed by atoms with Crippen molar-refractivity contribution in [1.82, 2.24) is 15.3 Å². The number of aromatic nitrogens is 2. The van der Waals surface area contributed by atoms with Gasteiger partial charge in [0.1, 0.15) is 17.5 Å². The van der Waals surface area contributed by atoms with E-state index in [4.69, 9.17) is 4.74 Å². The van der Waals surface area contributed by atoms with Gasteiger partial charge in [-0.3, -0.25) is 9.97 Å². The number of nitrogens with one attached hydrogen (secondary N) is 3. The molecule has 0 atom stereocenters. The topological polar surface area (TPSA) is 88.2 Å². The van der Waals surface area contributed by atoms with Gasteiger partial charge in [0.05, 0.1) is 33.1 Å². The van der Waals surface area contributed by atoms with Crippen LogP contribution in [0.5, 0.6) is 0 Å². The lowest BCUT2D eigenvalue weighted by molar-refractivity contribution is 0.199. The van der Waals surface area contributed by atoms with E-state index in [1.165, 1.54) is 6.07 Å². The van der Waals surface area contributed by atoms with Crippen LogP contribution in [0.4, 0.5) is 29.3 Å². The van der Waals surface area contributed by atoms with Crippen LogP contribution >= 0.6 is 11.3 Å². The summed E-state index contributed by atoms with van der Waals surface area (Å²) >= 11 is 1.54. The zero-order valence-electron chi connectivity index (χ0n) is 22.0. The lowest BCUT2D eigenvalue weighted by Gasteiger charge is -2.10. The van der Waals surface area contributed by atoms with Crippen molar-refractivity contribution in [1.29, 1.82) is 0 Å². The van der Waals surface area contributed by atoms with E-state index in [-0.39, 0.29) is 11.4 Å². The second kappa shape index (κ2) is 12.9. The molecule has 0 spiro atoms. The van der Waals surface area contributed by atoms with Gasteiger partial charge in [-0.05, 0) is 59.2 Å². The molecule has 3 aromatic heterocycles. The molecule has 0 radical (unpaired) electrons. The molecule has 0 aliphatic carbocycles. The van der Waals surface area contributed by atoms with Crippen molar-refractivity contribution in [2.24, 2.45) is 0 Å². The summed E-state index contributed by atoms with van der Waals surface area (Å²) in [5.74, 6) is -2.00. The van der Waals surface area contributed by atoms with Crippen molar-refractivity contribution in [2.45, 2.75) is 13.0 Å². The highest BCUT2D eigenvalue weighted by atomic mass is 32.1. The molecular weight excluding hydrogens is 551 g/mol. The van der Waals surface area contributed by atoms with Gasteiger partial charge < -0.3 is 20.7 Å². The van der Waals surface area contributed by atoms with E-state index in [2.05, 4.69) is 25.9 Å². The summed E-state index contributed by atoms with van der Waals surface area (Å²) in [5, 5.41) is 7.95. The third-order valence-corrected chi connectivity index (χ3v) is 7.47. The van der Waals surface area contributed by atoms with Crippen molar-refractivity contribution in [2.75, 3.05) is 30.9 Å². The van der Waals surface area contributed by atoms with Crippen LogP contribution < -0.4 is 16.0 Å². The maximum atomic E-state index is 15.1. The third kappa shape index (κ3) is 7.07. The number of hydrogen-bond acceptors (Lipinski definition) is 6. The monoisotopic (exact) mass is 577 g/mol. The van der Waals surface area contributed by atoms with Crippen LogP contribution in [0.2, 0.25) is 0 Å². The van der Waals surface area contributed by atoms with Gasteiger partial charge in [-0.15, -0.1) is 11.3 Å². The van der Waals surface area contributed by atoms with Gasteiger partial charge in [-0.1, -0.05) is 12.1 Å². The number of carbonyl (C=O) groups excluding carboxylic acids is 1. The van der Waals surface area contributed by atoms with E-state index < -0.39 is 23.5 Å². The molecular formula is C30H26F3N5O2S. The summed E-state index contributed by atoms with van der Waals surface area (Å²) in [5.41, 5.74) is 3.88. The molecule has 11 heteroatoms. The quantitative estimate of drug-likeness (QED) is 0.160. The second-order valence-corrected chi connectivity index (χ2v) is 10.3. The lowest BCUT2D eigenvalue weighted by atomic mass is 10.0. The van der Waals surface area contributed by atoms with Crippen LogP contribution in [0.15, 0.2) is 73.1 Å². The molecule has 7 nitrogen and oxygen atoms in total. The van der Waals surface area contributed by atoms with Crippen molar-refractivity contribution < 1.29 is 22.7 Å². The molecule has 0 bridgehead atoms. The summed E-state index contributed by atoms with van der Waals surface area (Å²) in [4.78, 5) is 22.3. The van der Waals surface area contributed by atoms with Crippen LogP contribution in [0, 0.1) is 17.5 Å². The number of benzene rings is 2. The number of rotatable bonds is 10. The highest BCUT2D eigenvalue weighted by Crippen LogP contribution is 2.34. The number of hydrogen-bond donors (Lipinski definition) is 3. The molecule has 0 aliphatic heterocycles. The lowest BCUT2D eigenvalue weighted by Crippen LogP contribution is -2.20. The predicted octanol–water partition coefficient (Wildman–Crippen LogP) is 6.75. The number of nitrogens with zero attached hydrogens (tertiary/aromatic N) is 2. The normalized spacial score (nSPS) is 11.1. The highest BCUT2D eigenvalue weighted by molar-refractivity contribution is 7.22. The summed E-state index contributed by atoms with van der Waals surface area (Å²) in [6.07, 6.45) is 3.85. The van der Waals surface area contributed by atoms with E-state index in [0.717, 1.165) is 56.7 Å². The number of anilines is 2. The van der Waals surface area contributed by atoms with Crippen LogP contribution in [0.3, 0.4) is 0 Å². The number of carbonyl (C=O) groups is 1. The number of halogens is 3. The molecule has 2 aromatic carbocycles. The molecule has 5 rings (SSSR count). The van der Waals surface area contributed by atoms with E-state index in [1.807, 2.05) is 30.5 Å². The molecule has 0 unspecified atom stereocenters. The fourth-order valence-electron chi connectivity index (χ4n) is 4.19. The standard InChI is InChI=1S/C30H26F3N5O2S/c1-40-11-10-34-16-18-2-7-25(36-17-18)28-15-27-29(41-28)20(8-9-35-27)12-19-3-5-22(14-24(19)33)37-30(39)38-26-13-21(31)4-6-23(26)32/h2-9,13-15,17,34H,10-12,16H2,1H3,(H2,37,38,39). The molecule has 0 aliphatic rings. The molecule has 0 saturated carbocycles. The number of ether oxygens (including phenoxy) is 1. The molecule has 3 heterocycles. The van der Waals surface area contributed by atoms with Crippen molar-refractivity contribution in [3.05, 3.63) is 107 Å². The summed E-state index contributed by atoms with van der Waals surface area (Å²) < 4.78 is 48.2. The minimum atomic E-state index is -0.826. The molecule has 5 aromatic rings. The Morgan fingerprint density at radius 3 is 2.59 bits per heavy atom. The molecule has 0 fully saturated rings. The average molecular weight is 578 g/mol. The van der Waals surface area contributed by atoms with E-state index in [0.29, 0.717) is 25.1 Å². The number of thiophene rings is 1. The highest BCUT2D eigenvalue weighted by Gasteiger charge is 2.14. The fourth-order valence-corrected chi connectivity index (χ4v) is 5.29. The first-order valence-electron chi connectivity index (χ1n) is 12.7. The van der Waals surface area contributed by atoms with Crippen LogP contribution in [-0.2, 0) is 17.7 Å². The van der Waals surface area contributed by atoms with Gasteiger partial charge in [0.2, 0.25) is 0 Å². The molecule has 210 valence electrons. The van der Waals surface area contributed by atoms with E-state index in [9.17, 15) is 13.6 Å². The predicted molar refractivity (Wildman–Crippen MR) is 155 cm³/mol. The fraction of sp³-hybridized carbons (Fsp3) is 0.167. The Balaban J connectivity index is 1.27. The second-order valence-electron chi connectivity index (χ2n) is 9.20. The minimum absolute atomic E-state index is 0.169. The van der Waals surface area contributed by atoms with Gasteiger partial charge in [0.25, 0.3) is 0 Å². The number of amides is 2. The first kappa shape index (κ1) is 28.2. The van der Waals surface area contributed by atoms with Gasteiger partial charge in [0.15, 0.2) is 0 Å². The minimum Gasteiger partial charge on any atom is -0.383 e. The van der Waals surface area contributed by atoms with Crippen LogP contribution in [-0.4, -0.2) is 36.3 Å². The molecule has 2 amide bonds. The third-order valence-electron chi connectivity index (χ3n) is 6.25. The average Bonchev–Trinajstić information content (AvgIpc) is 3.40. The summed E-state index contributed by atoms with van der Waals surface area (Å²) in [6, 6.07) is 14.0. The SMILES string of the molecule is COCCNCc1ccc(-c2cc3nccc(Cc4ccc(NC(=O)Nc5cc(F)ccc5F)cc4F)c3s2)nc1. The number of fused-ring (bicyclic) bond motifs is 1. The number of pyridine rings is 2. The Morgan fingerprint density at radius 1 is 0.927 bits per heavy atom. The largest absolute Gasteiger partial charge is 0.383 e. The van der Waals surface area contributed by atoms with Gasteiger partial charge in [0, 0.05) is 50.8 Å². The summed E-state index contributed by atoms with van der Waals surface area (Å²) in [6.45, 7) is 2.10. The van der Waals surface area contributed by atoms with Crippen molar-refractivity contribution in [3.8, 4) is 10.6 Å². The van der Waals surface area contributed by atoms with Crippen LogP contribution in [0.25, 0.3) is 20.8 Å². The van der Waals surface area contributed by atoms with Gasteiger partial charge >= 0.3 is 6.03 Å². The zero-order valence-corrected chi connectivity index (χ0v) is 22.8. The Kier molecular flexibility index (Phi) is 8.88. The number of urea groups is 1. The Hall–Kier alpha value is -4.32. The molecule has 3 N–H and O–H groups in total. The molecule has 41 heavy (non-hydrogen) atoms. The van der Waals surface area contributed by atoms with Crippen molar-refractivity contribution in [3.63, 3.8) is 0 Å². The Bertz CT molecular complexity index is 1680. The van der Waals surface area contributed by atoms with E-state index in [1.54, 1.807) is 36.8 Å². The Labute approximate surface area is 238 Å². The first-order valence-corrected chi connectivity index (χ1v) is 13.5. The smallest absolute Gasteiger partial charge is 0.323 e. The maximum absolute atomic E-state index is 15.1. The Morgan fingerprint density at radius 2 is 1.80 bits per heavy atom. The summed E-state index contributed by atoms with van der Waals surface area (Å²) in [7, 11) is 1.67. The van der Waals surface area contributed by atoms with Gasteiger partial charge in [-0.2, -0.15) is 0 Å². The van der Waals surface area contributed by atoms with Gasteiger partial charge in [-0.25, -0.2) is 18.0 Å². The zero-order chi connectivity index (χ0) is 28.8. The van der Waals surface area contributed by atoms with E-state index >= 15 is 4.39 Å². The maximum Gasteiger partial charge on any atom is 0.323 e. The van der Waals surface area contributed by atoms with Crippen LogP contribution in [0.1, 0.15) is 16.7 Å². The first-order chi connectivity index (χ1) is 19.9.